The summed E-state index contributed by atoms with van der Waals surface area (Å²) in [5.74, 6) is 2.61. The zero-order valence-corrected chi connectivity index (χ0v) is 17.2. The van der Waals surface area contributed by atoms with Crippen LogP contribution in [-0.2, 0) is 17.6 Å². The number of benzene rings is 2. The Labute approximate surface area is 165 Å². The lowest BCUT2D eigenvalue weighted by molar-refractivity contribution is -0.114. The van der Waals surface area contributed by atoms with Crippen LogP contribution in [0.5, 0.6) is 28.7 Å². The van der Waals surface area contributed by atoms with E-state index in [9.17, 15) is 4.79 Å². The van der Waals surface area contributed by atoms with Gasteiger partial charge in [0.15, 0.2) is 23.0 Å². The highest BCUT2D eigenvalue weighted by atomic mass is 16.5. The van der Waals surface area contributed by atoms with Gasteiger partial charge >= 0.3 is 0 Å². The number of carbonyl (C=O) groups is 1. The van der Waals surface area contributed by atoms with Crippen molar-refractivity contribution < 1.29 is 28.5 Å². The molecule has 0 aliphatic rings. The first-order valence-electron chi connectivity index (χ1n) is 8.79. The van der Waals surface area contributed by atoms with Crippen LogP contribution in [0.15, 0.2) is 24.3 Å². The number of rotatable bonds is 9. The number of amides is 1. The molecule has 2 aromatic rings. The number of anilines is 1. The van der Waals surface area contributed by atoms with E-state index in [1.165, 1.54) is 21.1 Å². The second-order valence-corrected chi connectivity index (χ2v) is 6.05. The molecule has 1 amide bonds. The van der Waals surface area contributed by atoms with Crippen molar-refractivity contribution >= 4 is 11.6 Å². The highest BCUT2D eigenvalue weighted by Gasteiger charge is 2.21. The molecule has 0 atom stereocenters. The average molecular weight is 389 g/mol. The smallest absolute Gasteiger partial charge is 0.221 e. The van der Waals surface area contributed by atoms with Gasteiger partial charge in [0.25, 0.3) is 0 Å². The molecule has 0 fully saturated rings. The minimum Gasteiger partial charge on any atom is -0.493 e. The maximum atomic E-state index is 11.6. The number of ether oxygens (including phenoxy) is 5. The average Bonchev–Trinajstić information content (AvgIpc) is 2.70. The summed E-state index contributed by atoms with van der Waals surface area (Å²) in [4.78, 5) is 11.6. The fourth-order valence-corrected chi connectivity index (χ4v) is 3.07. The molecule has 7 nitrogen and oxygen atoms in total. The lowest BCUT2D eigenvalue weighted by Gasteiger charge is -2.19. The second-order valence-electron chi connectivity index (χ2n) is 6.05. The molecule has 28 heavy (non-hydrogen) atoms. The van der Waals surface area contributed by atoms with Crippen molar-refractivity contribution in [2.45, 2.75) is 19.8 Å². The number of nitrogens with one attached hydrogen (secondary N) is 1. The van der Waals surface area contributed by atoms with Gasteiger partial charge in [0.1, 0.15) is 0 Å². The van der Waals surface area contributed by atoms with E-state index < -0.39 is 0 Å². The van der Waals surface area contributed by atoms with Crippen LogP contribution >= 0.6 is 0 Å². The van der Waals surface area contributed by atoms with Crippen molar-refractivity contribution in [2.24, 2.45) is 0 Å². The molecular formula is C21H27NO6. The minimum atomic E-state index is -0.198. The number of hydrogen-bond acceptors (Lipinski definition) is 6. The summed E-state index contributed by atoms with van der Waals surface area (Å²) in [6.07, 6.45) is 1.39. The fraction of sp³-hybridized carbons (Fsp3) is 0.381. The maximum absolute atomic E-state index is 11.6. The molecule has 1 N–H and O–H groups in total. The van der Waals surface area contributed by atoms with Crippen LogP contribution in [0.25, 0.3) is 0 Å². The molecule has 0 aromatic heterocycles. The summed E-state index contributed by atoms with van der Waals surface area (Å²) in [6, 6.07) is 7.66. The molecule has 0 unspecified atom stereocenters. The van der Waals surface area contributed by atoms with Gasteiger partial charge in [0, 0.05) is 12.5 Å². The van der Waals surface area contributed by atoms with Crippen molar-refractivity contribution in [3.63, 3.8) is 0 Å². The minimum absolute atomic E-state index is 0.198. The van der Waals surface area contributed by atoms with Crippen LogP contribution in [0, 0.1) is 0 Å². The van der Waals surface area contributed by atoms with Gasteiger partial charge in [-0.1, -0.05) is 6.07 Å². The Kier molecular flexibility index (Phi) is 7.37. The van der Waals surface area contributed by atoms with E-state index in [0.717, 1.165) is 17.5 Å². The van der Waals surface area contributed by atoms with Gasteiger partial charge in [-0.05, 0) is 36.6 Å². The number of carbonyl (C=O) groups excluding carboxylic acids is 1. The third-order valence-electron chi connectivity index (χ3n) is 4.32. The summed E-state index contributed by atoms with van der Waals surface area (Å²) in [5.41, 5.74) is 2.50. The van der Waals surface area contributed by atoms with Crippen molar-refractivity contribution in [1.82, 2.24) is 0 Å². The highest BCUT2D eigenvalue weighted by molar-refractivity contribution is 5.92. The van der Waals surface area contributed by atoms with Crippen molar-refractivity contribution in [3.05, 3.63) is 35.4 Å². The fourth-order valence-electron chi connectivity index (χ4n) is 3.07. The van der Waals surface area contributed by atoms with Crippen LogP contribution in [0.4, 0.5) is 5.69 Å². The molecule has 0 saturated heterocycles. The van der Waals surface area contributed by atoms with Gasteiger partial charge in [-0.15, -0.1) is 0 Å². The first-order valence-corrected chi connectivity index (χ1v) is 8.79. The van der Waals surface area contributed by atoms with E-state index in [1.807, 2.05) is 24.3 Å². The summed E-state index contributed by atoms with van der Waals surface area (Å²) in [5, 5.41) is 2.79. The molecule has 152 valence electrons. The van der Waals surface area contributed by atoms with E-state index in [0.29, 0.717) is 40.9 Å². The Morgan fingerprint density at radius 2 is 1.43 bits per heavy atom. The van der Waals surface area contributed by atoms with Gasteiger partial charge < -0.3 is 29.0 Å². The van der Waals surface area contributed by atoms with Crippen molar-refractivity contribution in [1.29, 1.82) is 0 Å². The van der Waals surface area contributed by atoms with Crippen molar-refractivity contribution in [2.75, 3.05) is 40.9 Å². The SMILES string of the molecule is COc1ccc(CCc2cc(NC(C)=O)c(OC)c(OC)c2OC)cc1OC. The molecule has 0 heterocycles. The van der Waals surface area contributed by atoms with Gasteiger partial charge in [-0.25, -0.2) is 0 Å². The Morgan fingerprint density at radius 3 is 1.96 bits per heavy atom. The number of aryl methyl sites for hydroxylation is 2. The Morgan fingerprint density at radius 1 is 0.786 bits per heavy atom. The third kappa shape index (κ3) is 4.60. The Bertz CT molecular complexity index is 834. The summed E-state index contributed by atoms with van der Waals surface area (Å²) < 4.78 is 27.2. The number of methoxy groups -OCH3 is 5. The van der Waals surface area contributed by atoms with E-state index in [-0.39, 0.29) is 5.91 Å². The van der Waals surface area contributed by atoms with Gasteiger partial charge in [-0.2, -0.15) is 0 Å². The first-order chi connectivity index (χ1) is 13.5. The standard InChI is InChI=1S/C21H27NO6/c1-13(23)22-16-12-15(19(26-4)21(28-6)20(16)27-5)9-7-14-8-10-17(24-2)18(11-14)25-3/h8,10-12H,7,9H2,1-6H3,(H,22,23). The summed E-state index contributed by atoms with van der Waals surface area (Å²) in [7, 11) is 7.85. The van der Waals surface area contributed by atoms with E-state index in [4.69, 9.17) is 23.7 Å². The summed E-state index contributed by atoms with van der Waals surface area (Å²) >= 11 is 0. The molecule has 2 rings (SSSR count). The first kappa shape index (κ1) is 21.2. The zero-order valence-electron chi connectivity index (χ0n) is 17.2. The quantitative estimate of drug-likeness (QED) is 0.708. The van der Waals surface area contributed by atoms with Gasteiger partial charge in [-0.3, -0.25) is 4.79 Å². The second kappa shape index (κ2) is 9.73. The van der Waals surface area contributed by atoms with Crippen LogP contribution in [-0.4, -0.2) is 41.5 Å². The van der Waals surface area contributed by atoms with Gasteiger partial charge in [0.2, 0.25) is 11.7 Å². The molecule has 0 aliphatic heterocycles. The molecule has 7 heteroatoms. The lowest BCUT2D eigenvalue weighted by Crippen LogP contribution is -2.10. The largest absolute Gasteiger partial charge is 0.493 e. The van der Waals surface area contributed by atoms with E-state index in [1.54, 1.807) is 21.3 Å². The van der Waals surface area contributed by atoms with Crippen LogP contribution in [0.3, 0.4) is 0 Å². The Hall–Kier alpha value is -3.09. The van der Waals surface area contributed by atoms with Crippen LogP contribution < -0.4 is 29.0 Å². The lowest BCUT2D eigenvalue weighted by atomic mass is 10.0. The normalized spacial score (nSPS) is 10.2. The van der Waals surface area contributed by atoms with E-state index >= 15 is 0 Å². The Balaban J connectivity index is 2.40. The molecule has 0 aliphatic carbocycles. The maximum Gasteiger partial charge on any atom is 0.221 e. The van der Waals surface area contributed by atoms with Crippen LogP contribution in [0.1, 0.15) is 18.1 Å². The monoisotopic (exact) mass is 389 g/mol. The molecule has 0 saturated carbocycles. The molecule has 0 bridgehead atoms. The predicted molar refractivity (Wildman–Crippen MR) is 107 cm³/mol. The van der Waals surface area contributed by atoms with Gasteiger partial charge in [0.05, 0.1) is 41.2 Å². The number of hydrogen-bond donors (Lipinski definition) is 1. The topological polar surface area (TPSA) is 75.3 Å². The van der Waals surface area contributed by atoms with E-state index in [2.05, 4.69) is 5.32 Å². The molecule has 2 aromatic carbocycles. The molecular weight excluding hydrogens is 362 g/mol. The predicted octanol–water partition coefficient (Wildman–Crippen LogP) is 3.47. The van der Waals surface area contributed by atoms with Crippen molar-refractivity contribution in [3.8, 4) is 28.7 Å². The van der Waals surface area contributed by atoms with Crippen LogP contribution in [0.2, 0.25) is 0 Å². The molecule has 0 radical (unpaired) electrons. The summed E-state index contributed by atoms with van der Waals surface area (Å²) in [6.45, 7) is 1.44. The highest BCUT2D eigenvalue weighted by Crippen LogP contribution is 2.45. The third-order valence-corrected chi connectivity index (χ3v) is 4.32. The molecule has 0 spiro atoms. The zero-order chi connectivity index (χ0) is 20.7.